The summed E-state index contributed by atoms with van der Waals surface area (Å²) < 4.78 is 28.8. The third-order valence-corrected chi connectivity index (χ3v) is 1.87. The topological polar surface area (TPSA) is 52.5 Å². The summed E-state index contributed by atoms with van der Waals surface area (Å²) in [5.74, 6) is 0.339. The van der Waals surface area contributed by atoms with Crippen molar-refractivity contribution in [3.05, 3.63) is 24.0 Å². The minimum Gasteiger partial charge on any atom is -0.492 e. The molecule has 2 rings (SSSR count). The lowest BCUT2D eigenvalue weighted by molar-refractivity contribution is 0.419. The van der Waals surface area contributed by atoms with Crippen LogP contribution >= 0.6 is 0 Å². The van der Waals surface area contributed by atoms with E-state index in [0.29, 0.717) is 17.0 Å². The summed E-state index contributed by atoms with van der Waals surface area (Å²) in [4.78, 5) is 0. The zero-order valence-electron chi connectivity index (χ0n) is 10.1. The molecule has 0 fully saturated rings. The van der Waals surface area contributed by atoms with Crippen molar-refractivity contribution in [1.29, 1.82) is 0 Å². The molecule has 0 saturated carbocycles. The monoisotopic (exact) mass is 180 g/mol. The van der Waals surface area contributed by atoms with Gasteiger partial charge in [0.1, 0.15) is 5.52 Å². The van der Waals surface area contributed by atoms with Gasteiger partial charge in [0.15, 0.2) is 5.75 Å². The Labute approximate surface area is 80.1 Å². The summed E-state index contributed by atoms with van der Waals surface area (Å²) in [5, 5.41) is 3.96. The van der Waals surface area contributed by atoms with Gasteiger partial charge in [-0.25, -0.2) is 4.52 Å². The van der Waals surface area contributed by atoms with Crippen molar-refractivity contribution in [3.63, 3.8) is 0 Å². The van der Waals surface area contributed by atoms with E-state index < -0.39 is 6.85 Å². The Bertz CT molecular complexity index is 533. The molecule has 68 valence electrons. The van der Waals surface area contributed by atoms with Crippen LogP contribution in [-0.2, 0) is 0 Å². The maximum Gasteiger partial charge on any atom is 0.167 e. The predicted octanol–water partition coefficient (Wildman–Crippen LogP) is 1.23. The van der Waals surface area contributed by atoms with E-state index in [-0.39, 0.29) is 5.56 Å². The van der Waals surface area contributed by atoms with E-state index in [2.05, 4.69) is 5.10 Å². The van der Waals surface area contributed by atoms with Crippen molar-refractivity contribution in [2.75, 3.05) is 12.8 Å². The van der Waals surface area contributed by atoms with Crippen LogP contribution in [0.4, 0.5) is 5.69 Å². The van der Waals surface area contributed by atoms with Crippen LogP contribution in [0, 0.1) is 6.85 Å². The molecule has 0 radical (unpaired) electrons. The highest BCUT2D eigenvalue weighted by molar-refractivity contribution is 5.74. The Hall–Kier alpha value is -1.71. The van der Waals surface area contributed by atoms with Gasteiger partial charge in [0.25, 0.3) is 0 Å². The van der Waals surface area contributed by atoms with Crippen LogP contribution < -0.4 is 10.5 Å². The molecule has 0 amide bonds. The number of pyridine rings is 1. The molecule has 0 spiro atoms. The lowest BCUT2D eigenvalue weighted by Crippen LogP contribution is -1.97. The van der Waals surface area contributed by atoms with Crippen molar-refractivity contribution in [3.8, 4) is 5.75 Å². The van der Waals surface area contributed by atoms with Crippen LogP contribution in [0.5, 0.6) is 5.75 Å². The van der Waals surface area contributed by atoms with Crippen molar-refractivity contribution >= 4 is 11.2 Å². The second-order valence-corrected chi connectivity index (χ2v) is 2.66. The summed E-state index contributed by atoms with van der Waals surface area (Å²) in [6, 6.07) is 1.61. The second kappa shape index (κ2) is 2.65. The first-order valence-corrected chi connectivity index (χ1v) is 3.75. The Balaban J connectivity index is 2.83. The highest BCUT2D eigenvalue weighted by Gasteiger charge is 2.08. The van der Waals surface area contributed by atoms with E-state index in [1.807, 2.05) is 0 Å². The normalized spacial score (nSPS) is 15.0. The summed E-state index contributed by atoms with van der Waals surface area (Å²) >= 11 is 0. The van der Waals surface area contributed by atoms with Crippen molar-refractivity contribution in [1.82, 2.24) is 9.61 Å². The first kappa shape index (κ1) is 5.11. The number of nitrogens with two attached hydrogens (primary N) is 1. The number of hydrogen-bond acceptors (Lipinski definition) is 3. The maximum atomic E-state index is 7.40. The molecule has 0 bridgehead atoms. The molecule has 0 aliphatic carbocycles. The molecule has 0 aliphatic rings. The lowest BCUT2D eigenvalue weighted by atomic mass is 10.2. The van der Waals surface area contributed by atoms with Crippen LogP contribution in [-0.4, -0.2) is 16.7 Å². The standard InChI is InChI=1S/C9H11N3O/c1-6-5-11-12-4-3-7(10)9(13-2)8(6)12/h3-5H,10H2,1-2H3/i1D3. The van der Waals surface area contributed by atoms with Crippen LogP contribution in [0.15, 0.2) is 18.5 Å². The Morgan fingerprint density at radius 2 is 2.54 bits per heavy atom. The molecule has 4 heteroatoms. The third-order valence-electron chi connectivity index (χ3n) is 1.87. The number of aryl methyl sites for hydroxylation is 1. The summed E-state index contributed by atoms with van der Waals surface area (Å²) in [5.41, 5.74) is 6.64. The van der Waals surface area contributed by atoms with E-state index in [1.165, 1.54) is 17.8 Å². The fourth-order valence-electron chi connectivity index (χ4n) is 1.28. The number of ether oxygens (including phenoxy) is 1. The van der Waals surface area contributed by atoms with E-state index in [0.717, 1.165) is 0 Å². The fourth-order valence-corrected chi connectivity index (χ4v) is 1.28. The van der Waals surface area contributed by atoms with Crippen LogP contribution in [0.1, 0.15) is 9.68 Å². The Morgan fingerprint density at radius 3 is 3.23 bits per heavy atom. The van der Waals surface area contributed by atoms with Gasteiger partial charge in [0.2, 0.25) is 0 Å². The second-order valence-electron chi connectivity index (χ2n) is 2.66. The zero-order chi connectivity index (χ0) is 11.9. The molecular formula is C9H11N3O. The highest BCUT2D eigenvalue weighted by atomic mass is 16.5. The van der Waals surface area contributed by atoms with E-state index >= 15 is 0 Å². The van der Waals surface area contributed by atoms with Gasteiger partial charge in [-0.3, -0.25) is 0 Å². The molecule has 0 aliphatic heterocycles. The molecule has 4 nitrogen and oxygen atoms in total. The van der Waals surface area contributed by atoms with E-state index in [1.54, 1.807) is 12.3 Å². The summed E-state index contributed by atoms with van der Waals surface area (Å²) in [6.07, 6.45) is 2.91. The van der Waals surface area contributed by atoms with Gasteiger partial charge in [-0.2, -0.15) is 5.10 Å². The quantitative estimate of drug-likeness (QED) is 0.718. The van der Waals surface area contributed by atoms with Crippen molar-refractivity contribution in [2.24, 2.45) is 0 Å². The number of hydrogen-bond donors (Lipinski definition) is 1. The van der Waals surface area contributed by atoms with Gasteiger partial charge in [-0.1, -0.05) is 0 Å². The molecule has 0 saturated heterocycles. The van der Waals surface area contributed by atoms with Gasteiger partial charge >= 0.3 is 0 Å². The summed E-state index contributed by atoms with van der Waals surface area (Å²) in [7, 11) is 1.45. The third kappa shape index (κ3) is 1.02. The number of aromatic nitrogens is 2. The minimum absolute atomic E-state index is 0.136. The van der Waals surface area contributed by atoms with Crippen LogP contribution in [0.3, 0.4) is 0 Å². The molecule has 2 heterocycles. The van der Waals surface area contributed by atoms with Gasteiger partial charge in [0.05, 0.1) is 19.0 Å². The molecule has 2 aromatic heterocycles. The molecule has 2 aromatic rings. The molecular weight excluding hydrogens is 166 g/mol. The average molecular weight is 180 g/mol. The van der Waals surface area contributed by atoms with E-state index in [4.69, 9.17) is 14.6 Å². The molecule has 2 N–H and O–H groups in total. The number of fused-ring (bicyclic) bond motifs is 1. The smallest absolute Gasteiger partial charge is 0.167 e. The summed E-state index contributed by atoms with van der Waals surface area (Å²) in [6.45, 7) is -2.23. The number of anilines is 1. The number of nitrogens with zero attached hydrogens (tertiary/aromatic N) is 2. The maximum absolute atomic E-state index is 7.40. The van der Waals surface area contributed by atoms with Gasteiger partial charge in [-0.05, 0) is 18.5 Å². The lowest BCUT2D eigenvalue weighted by Gasteiger charge is -2.06. The van der Waals surface area contributed by atoms with Crippen molar-refractivity contribution in [2.45, 2.75) is 6.85 Å². The van der Waals surface area contributed by atoms with Crippen LogP contribution in [0.25, 0.3) is 5.52 Å². The average Bonchev–Trinajstić information content (AvgIpc) is 2.60. The molecule has 0 unspecified atom stereocenters. The van der Waals surface area contributed by atoms with Crippen LogP contribution in [0.2, 0.25) is 0 Å². The van der Waals surface area contributed by atoms with Crippen molar-refractivity contribution < 1.29 is 8.85 Å². The SMILES string of the molecule is [2H]C([2H])([2H])c1cnn2ccc(N)c(OC)c12. The van der Waals surface area contributed by atoms with Gasteiger partial charge in [0, 0.05) is 10.3 Å². The number of nitrogen functional groups attached to an aromatic ring is 1. The van der Waals surface area contributed by atoms with E-state index in [9.17, 15) is 0 Å². The van der Waals surface area contributed by atoms with Gasteiger partial charge in [-0.15, -0.1) is 0 Å². The Kier molecular flexibility index (Phi) is 1.04. The first-order valence-electron chi connectivity index (χ1n) is 5.25. The number of methoxy groups -OCH3 is 1. The predicted molar refractivity (Wildman–Crippen MR) is 50.9 cm³/mol. The number of rotatable bonds is 1. The zero-order valence-corrected chi connectivity index (χ0v) is 7.11. The Morgan fingerprint density at radius 1 is 1.69 bits per heavy atom. The largest absolute Gasteiger partial charge is 0.492 e. The fraction of sp³-hybridized carbons (Fsp3) is 0.222. The molecule has 13 heavy (non-hydrogen) atoms. The first-order chi connectivity index (χ1) is 7.45. The highest BCUT2D eigenvalue weighted by Crippen LogP contribution is 2.28. The minimum atomic E-state index is -2.23. The molecule has 0 aromatic carbocycles. The van der Waals surface area contributed by atoms with Gasteiger partial charge < -0.3 is 10.5 Å². The molecule has 0 atom stereocenters.